The van der Waals surface area contributed by atoms with E-state index in [9.17, 15) is 9.59 Å². The molecule has 1 atom stereocenters. The number of H-pyrrole nitrogens is 1. The van der Waals surface area contributed by atoms with Gasteiger partial charge in [0.15, 0.2) is 0 Å². The summed E-state index contributed by atoms with van der Waals surface area (Å²) in [6.45, 7) is 0.403. The highest BCUT2D eigenvalue weighted by molar-refractivity contribution is 5.97. The van der Waals surface area contributed by atoms with Crippen molar-refractivity contribution in [2.24, 2.45) is 5.10 Å². The first-order valence-corrected chi connectivity index (χ1v) is 10.0. The maximum absolute atomic E-state index is 13.1. The minimum Gasteiger partial charge on any atom is -0.378 e. The molecule has 1 N–H and O–H groups in total. The molecule has 2 aromatic carbocycles. The second-order valence-corrected chi connectivity index (χ2v) is 8.00. The number of hydrazone groups is 1. The van der Waals surface area contributed by atoms with Gasteiger partial charge in [0.2, 0.25) is 5.91 Å². The molecule has 0 spiro atoms. The van der Waals surface area contributed by atoms with E-state index < -0.39 is 6.04 Å². The quantitative estimate of drug-likeness (QED) is 0.685. The number of nitrogens with one attached hydrogen (secondary N) is 1. The van der Waals surface area contributed by atoms with Crippen LogP contribution in [0.25, 0.3) is 10.9 Å². The van der Waals surface area contributed by atoms with Gasteiger partial charge in [-0.15, -0.1) is 0 Å². The monoisotopic (exact) mass is 401 g/mol. The van der Waals surface area contributed by atoms with Crippen LogP contribution in [0.4, 0.5) is 5.69 Å². The lowest BCUT2D eigenvalue weighted by molar-refractivity contribution is -0.157. The Labute approximate surface area is 174 Å². The molecule has 0 bridgehead atoms. The van der Waals surface area contributed by atoms with Gasteiger partial charge in [-0.3, -0.25) is 9.59 Å². The van der Waals surface area contributed by atoms with Crippen LogP contribution < -0.4 is 4.90 Å². The molecular formula is C23H23N5O2. The van der Waals surface area contributed by atoms with Crippen LogP contribution >= 0.6 is 0 Å². The van der Waals surface area contributed by atoms with Crippen molar-refractivity contribution in [3.8, 4) is 0 Å². The van der Waals surface area contributed by atoms with Crippen molar-refractivity contribution in [1.82, 2.24) is 14.9 Å². The van der Waals surface area contributed by atoms with Crippen LogP contribution in [0.15, 0.2) is 53.6 Å². The number of aromatic nitrogens is 1. The van der Waals surface area contributed by atoms with Crippen molar-refractivity contribution in [3.05, 3.63) is 65.4 Å². The van der Waals surface area contributed by atoms with Crippen LogP contribution in [-0.4, -0.2) is 59.6 Å². The third-order valence-corrected chi connectivity index (χ3v) is 5.90. The molecule has 3 aromatic rings. The standard InChI is InChI=1S/C23H23N5O2/c1-26(2)16-9-7-15(8-10-16)12-24-28-14-22(29)27-13-20-18(11-21(27)23(28)30)17-5-3-4-6-19(17)25-20/h3-10,12,21,25H,11,13-14H2,1-2H3/b24-12-/t21-/m0/s1. The minimum absolute atomic E-state index is 0.0306. The first-order valence-electron chi connectivity index (χ1n) is 10.0. The van der Waals surface area contributed by atoms with Crippen LogP contribution in [0.2, 0.25) is 0 Å². The van der Waals surface area contributed by atoms with Gasteiger partial charge in [-0.25, -0.2) is 5.01 Å². The molecule has 1 fully saturated rings. The maximum atomic E-state index is 13.1. The second-order valence-electron chi connectivity index (χ2n) is 8.00. The number of nitrogens with zero attached hydrogens (tertiary/aromatic N) is 4. The normalized spacial score (nSPS) is 18.8. The van der Waals surface area contributed by atoms with Crippen molar-refractivity contribution in [1.29, 1.82) is 0 Å². The van der Waals surface area contributed by atoms with E-state index in [1.807, 2.05) is 61.5 Å². The van der Waals surface area contributed by atoms with Crippen LogP contribution in [0.3, 0.4) is 0 Å². The zero-order chi connectivity index (χ0) is 20.8. The molecule has 2 amide bonds. The Bertz CT molecular complexity index is 1160. The molecule has 0 aliphatic carbocycles. The van der Waals surface area contributed by atoms with E-state index in [-0.39, 0.29) is 18.4 Å². The summed E-state index contributed by atoms with van der Waals surface area (Å²) in [7, 11) is 3.96. The second kappa shape index (κ2) is 7.02. The predicted molar refractivity (Wildman–Crippen MR) is 116 cm³/mol. The summed E-state index contributed by atoms with van der Waals surface area (Å²) in [5.41, 5.74) is 5.15. The zero-order valence-electron chi connectivity index (χ0n) is 17.0. The summed E-state index contributed by atoms with van der Waals surface area (Å²) in [5, 5.41) is 6.77. The summed E-state index contributed by atoms with van der Waals surface area (Å²) in [5.74, 6) is -0.212. The fourth-order valence-electron chi connectivity index (χ4n) is 4.25. The van der Waals surface area contributed by atoms with Gasteiger partial charge in [-0.2, -0.15) is 5.10 Å². The lowest BCUT2D eigenvalue weighted by atomic mass is 9.94. The summed E-state index contributed by atoms with van der Waals surface area (Å²) in [4.78, 5) is 33.0. The molecule has 3 heterocycles. The minimum atomic E-state index is -0.508. The van der Waals surface area contributed by atoms with Crippen molar-refractivity contribution < 1.29 is 9.59 Å². The number of benzene rings is 2. The van der Waals surface area contributed by atoms with Crippen LogP contribution in [-0.2, 0) is 22.6 Å². The molecule has 152 valence electrons. The van der Waals surface area contributed by atoms with Crippen LogP contribution in [0.5, 0.6) is 0 Å². The highest BCUT2D eigenvalue weighted by Crippen LogP contribution is 2.32. The van der Waals surface area contributed by atoms with Crippen molar-refractivity contribution in [2.75, 3.05) is 25.5 Å². The molecule has 2 aliphatic rings. The van der Waals surface area contributed by atoms with E-state index in [0.29, 0.717) is 13.0 Å². The number of rotatable bonds is 3. The van der Waals surface area contributed by atoms with Gasteiger partial charge in [0.05, 0.1) is 12.8 Å². The average molecular weight is 401 g/mol. The number of piperazine rings is 1. The molecule has 7 nitrogen and oxygen atoms in total. The Morgan fingerprint density at radius 2 is 1.83 bits per heavy atom. The van der Waals surface area contributed by atoms with Crippen LogP contribution in [0, 0.1) is 0 Å². The molecule has 30 heavy (non-hydrogen) atoms. The Morgan fingerprint density at radius 1 is 1.07 bits per heavy atom. The average Bonchev–Trinajstić information content (AvgIpc) is 3.12. The molecule has 5 rings (SSSR count). The van der Waals surface area contributed by atoms with E-state index in [0.717, 1.165) is 33.4 Å². The Balaban J connectivity index is 1.39. The van der Waals surface area contributed by atoms with Gasteiger partial charge in [0.1, 0.15) is 12.6 Å². The van der Waals surface area contributed by atoms with E-state index >= 15 is 0 Å². The summed E-state index contributed by atoms with van der Waals surface area (Å²) in [6.07, 6.45) is 2.15. The Kier molecular flexibility index (Phi) is 4.31. The summed E-state index contributed by atoms with van der Waals surface area (Å²) < 4.78 is 0. The number of hydrogen-bond donors (Lipinski definition) is 1. The molecule has 0 radical (unpaired) electrons. The van der Waals surface area contributed by atoms with Gasteiger partial charge in [-0.1, -0.05) is 30.3 Å². The summed E-state index contributed by atoms with van der Waals surface area (Å²) in [6, 6.07) is 15.4. The lowest BCUT2D eigenvalue weighted by Crippen LogP contribution is -2.60. The number of carbonyl (C=O) groups is 2. The highest BCUT2D eigenvalue weighted by atomic mass is 16.2. The Hall–Kier alpha value is -3.61. The van der Waals surface area contributed by atoms with Gasteiger partial charge >= 0.3 is 0 Å². The molecule has 0 saturated carbocycles. The van der Waals surface area contributed by atoms with E-state index in [2.05, 4.69) is 16.2 Å². The number of amides is 2. The number of para-hydroxylation sites is 1. The summed E-state index contributed by atoms with van der Waals surface area (Å²) >= 11 is 0. The number of fused-ring (bicyclic) bond motifs is 4. The maximum Gasteiger partial charge on any atom is 0.266 e. The molecule has 7 heteroatoms. The van der Waals surface area contributed by atoms with Gasteiger partial charge < -0.3 is 14.8 Å². The molecular weight excluding hydrogens is 378 g/mol. The van der Waals surface area contributed by atoms with Crippen molar-refractivity contribution in [3.63, 3.8) is 0 Å². The predicted octanol–water partition coefficient (Wildman–Crippen LogP) is 2.36. The molecule has 1 saturated heterocycles. The van der Waals surface area contributed by atoms with Crippen molar-refractivity contribution >= 4 is 34.6 Å². The van der Waals surface area contributed by atoms with Gasteiger partial charge in [0.25, 0.3) is 5.91 Å². The number of hydrogen-bond acceptors (Lipinski definition) is 4. The van der Waals surface area contributed by atoms with Gasteiger partial charge in [0, 0.05) is 42.8 Å². The number of anilines is 1. The molecule has 1 aromatic heterocycles. The zero-order valence-corrected chi connectivity index (χ0v) is 17.0. The van der Waals surface area contributed by atoms with Gasteiger partial charge in [-0.05, 0) is 29.3 Å². The molecule has 0 unspecified atom stereocenters. The lowest BCUT2D eigenvalue weighted by Gasteiger charge is -2.40. The topological polar surface area (TPSA) is 72.0 Å². The van der Waals surface area contributed by atoms with E-state index in [4.69, 9.17) is 0 Å². The van der Waals surface area contributed by atoms with E-state index in [1.165, 1.54) is 5.01 Å². The first-order chi connectivity index (χ1) is 14.5. The fourth-order valence-corrected chi connectivity index (χ4v) is 4.25. The van der Waals surface area contributed by atoms with Crippen molar-refractivity contribution in [2.45, 2.75) is 19.0 Å². The molecule has 2 aliphatic heterocycles. The first kappa shape index (κ1) is 18.4. The largest absolute Gasteiger partial charge is 0.378 e. The van der Waals surface area contributed by atoms with E-state index in [1.54, 1.807) is 11.1 Å². The SMILES string of the molecule is CN(C)c1ccc(/C=N\N2CC(=O)N3Cc4[nH]c5ccccc5c4C[C@H]3C2=O)cc1. The third kappa shape index (κ3) is 3.03. The number of aromatic amines is 1. The third-order valence-electron chi connectivity index (χ3n) is 5.90. The fraction of sp³-hybridized carbons (Fsp3) is 0.261. The Morgan fingerprint density at radius 3 is 2.60 bits per heavy atom. The smallest absolute Gasteiger partial charge is 0.266 e. The van der Waals surface area contributed by atoms with Crippen LogP contribution in [0.1, 0.15) is 16.8 Å². The number of carbonyl (C=O) groups excluding carboxylic acids is 2. The highest BCUT2D eigenvalue weighted by Gasteiger charge is 2.43.